The fraction of sp³-hybridized carbons (Fsp3) is 0.562. The molecule has 0 radical (unpaired) electrons. The van der Waals surface area contributed by atoms with Gasteiger partial charge < -0.3 is 10.8 Å². The molecule has 114 valence electrons. The number of amides is 1. The Kier molecular flexibility index (Phi) is 4.08. The van der Waals surface area contributed by atoms with Gasteiger partial charge in [0.05, 0.1) is 0 Å². The number of nitrogens with two attached hydrogens (primary N) is 1. The van der Waals surface area contributed by atoms with E-state index < -0.39 is 11.5 Å². The van der Waals surface area contributed by atoms with E-state index in [1.54, 1.807) is 0 Å². The number of halogens is 1. The highest BCUT2D eigenvalue weighted by Crippen LogP contribution is 2.38. The molecule has 1 atom stereocenters. The van der Waals surface area contributed by atoms with Gasteiger partial charge in [-0.05, 0) is 55.4 Å². The SMILES string of the molecule is NC(=O)C1(O)CCN(C2CCCc3ccc(Br)cc32)CC1. The van der Waals surface area contributed by atoms with Gasteiger partial charge in [0.25, 0.3) is 0 Å². The second-order valence-electron chi connectivity index (χ2n) is 6.18. The van der Waals surface area contributed by atoms with Crippen LogP contribution < -0.4 is 5.73 Å². The van der Waals surface area contributed by atoms with Gasteiger partial charge in [0, 0.05) is 23.6 Å². The first-order valence-corrected chi connectivity index (χ1v) is 8.33. The number of aliphatic hydroxyl groups is 1. The largest absolute Gasteiger partial charge is 0.380 e. The van der Waals surface area contributed by atoms with Crippen molar-refractivity contribution in [2.45, 2.75) is 43.7 Å². The highest BCUT2D eigenvalue weighted by molar-refractivity contribution is 9.10. The van der Waals surface area contributed by atoms with Gasteiger partial charge in [-0.2, -0.15) is 0 Å². The minimum absolute atomic E-state index is 0.392. The maximum atomic E-state index is 11.3. The van der Waals surface area contributed by atoms with Crippen molar-refractivity contribution in [2.24, 2.45) is 5.73 Å². The summed E-state index contributed by atoms with van der Waals surface area (Å²) in [6, 6.07) is 6.91. The summed E-state index contributed by atoms with van der Waals surface area (Å²) in [6.45, 7) is 1.44. The molecule has 0 aromatic heterocycles. The van der Waals surface area contributed by atoms with E-state index in [-0.39, 0.29) is 0 Å². The molecule has 1 amide bonds. The molecule has 0 saturated carbocycles. The van der Waals surface area contributed by atoms with Gasteiger partial charge in [0.1, 0.15) is 5.60 Å². The number of piperidine rings is 1. The molecular formula is C16H21BrN2O2. The third kappa shape index (κ3) is 2.87. The van der Waals surface area contributed by atoms with Crippen LogP contribution in [0.5, 0.6) is 0 Å². The molecule has 1 unspecified atom stereocenters. The Bertz CT molecular complexity index is 553. The van der Waals surface area contributed by atoms with Crippen LogP contribution in [0.3, 0.4) is 0 Å². The maximum Gasteiger partial charge on any atom is 0.249 e. The number of carbonyl (C=O) groups excluding carboxylic acids is 1. The van der Waals surface area contributed by atoms with Crippen molar-refractivity contribution in [1.82, 2.24) is 4.90 Å². The van der Waals surface area contributed by atoms with Gasteiger partial charge >= 0.3 is 0 Å². The molecule has 1 heterocycles. The first-order chi connectivity index (χ1) is 9.99. The van der Waals surface area contributed by atoms with Crippen LogP contribution in [-0.4, -0.2) is 34.6 Å². The molecule has 0 spiro atoms. The standard InChI is InChI=1S/C16H21BrN2O2/c17-12-5-4-11-2-1-3-14(13(11)10-12)19-8-6-16(21,7-9-19)15(18)20/h4-5,10,14,21H,1-3,6-9H2,(H2,18,20). The highest BCUT2D eigenvalue weighted by atomic mass is 79.9. The summed E-state index contributed by atoms with van der Waals surface area (Å²) >= 11 is 3.56. The van der Waals surface area contributed by atoms with Crippen LogP contribution in [0.1, 0.15) is 42.9 Å². The van der Waals surface area contributed by atoms with Crippen molar-refractivity contribution in [3.8, 4) is 0 Å². The summed E-state index contributed by atoms with van der Waals surface area (Å²) in [6.07, 6.45) is 4.33. The predicted octanol–water partition coefficient (Wildman–Crippen LogP) is 2.14. The summed E-state index contributed by atoms with van der Waals surface area (Å²) in [5.41, 5.74) is 6.80. The Balaban J connectivity index is 1.78. The lowest BCUT2D eigenvalue weighted by Crippen LogP contribution is -2.53. The van der Waals surface area contributed by atoms with E-state index in [1.165, 1.54) is 17.5 Å². The number of nitrogens with zero attached hydrogens (tertiary/aromatic N) is 1. The molecule has 1 aliphatic heterocycles. The Morgan fingerprint density at radius 1 is 1.38 bits per heavy atom. The monoisotopic (exact) mass is 352 g/mol. The highest BCUT2D eigenvalue weighted by Gasteiger charge is 2.40. The minimum atomic E-state index is -1.31. The van der Waals surface area contributed by atoms with Gasteiger partial charge in [-0.15, -0.1) is 0 Å². The molecular weight excluding hydrogens is 332 g/mol. The summed E-state index contributed by atoms with van der Waals surface area (Å²) in [5, 5.41) is 10.2. The number of likely N-dealkylation sites (tertiary alicyclic amines) is 1. The molecule has 1 aromatic carbocycles. The lowest BCUT2D eigenvalue weighted by molar-refractivity contribution is -0.141. The summed E-state index contributed by atoms with van der Waals surface area (Å²) < 4.78 is 1.11. The molecule has 3 rings (SSSR count). The molecule has 1 aromatic rings. The Morgan fingerprint density at radius 2 is 2.10 bits per heavy atom. The van der Waals surface area contributed by atoms with Crippen molar-refractivity contribution in [1.29, 1.82) is 0 Å². The molecule has 1 fully saturated rings. The van der Waals surface area contributed by atoms with Crippen molar-refractivity contribution >= 4 is 21.8 Å². The number of hydrogen-bond donors (Lipinski definition) is 2. The molecule has 0 bridgehead atoms. The van der Waals surface area contributed by atoms with E-state index in [9.17, 15) is 9.90 Å². The smallest absolute Gasteiger partial charge is 0.249 e. The van der Waals surface area contributed by atoms with Crippen LogP contribution in [0.15, 0.2) is 22.7 Å². The lowest BCUT2D eigenvalue weighted by Gasteiger charge is -2.42. The Labute approximate surface area is 133 Å². The molecule has 1 aliphatic carbocycles. The van der Waals surface area contributed by atoms with E-state index in [1.807, 2.05) is 0 Å². The lowest BCUT2D eigenvalue weighted by atomic mass is 9.84. The predicted molar refractivity (Wildman–Crippen MR) is 84.8 cm³/mol. The number of primary amides is 1. The van der Waals surface area contributed by atoms with Gasteiger partial charge in [0.15, 0.2) is 0 Å². The van der Waals surface area contributed by atoms with Crippen LogP contribution >= 0.6 is 15.9 Å². The first kappa shape index (κ1) is 15.0. The number of aryl methyl sites for hydroxylation is 1. The van der Waals surface area contributed by atoms with Crippen LogP contribution in [0, 0.1) is 0 Å². The van der Waals surface area contributed by atoms with Crippen molar-refractivity contribution in [3.63, 3.8) is 0 Å². The molecule has 21 heavy (non-hydrogen) atoms. The van der Waals surface area contributed by atoms with E-state index in [4.69, 9.17) is 5.73 Å². The summed E-state index contributed by atoms with van der Waals surface area (Å²) in [5.74, 6) is -0.589. The van der Waals surface area contributed by atoms with Gasteiger partial charge in [-0.1, -0.05) is 22.0 Å². The van der Waals surface area contributed by atoms with E-state index >= 15 is 0 Å². The van der Waals surface area contributed by atoms with Gasteiger partial charge in [-0.25, -0.2) is 0 Å². The normalized spacial score (nSPS) is 25.3. The number of fused-ring (bicyclic) bond motifs is 1. The third-order valence-electron chi connectivity index (χ3n) is 4.92. The average Bonchev–Trinajstić information content (AvgIpc) is 2.47. The number of rotatable bonds is 2. The fourth-order valence-corrected chi connectivity index (χ4v) is 3.96. The van der Waals surface area contributed by atoms with E-state index in [2.05, 4.69) is 39.0 Å². The molecule has 1 saturated heterocycles. The zero-order valence-corrected chi connectivity index (χ0v) is 13.6. The summed E-state index contributed by atoms with van der Waals surface area (Å²) in [7, 11) is 0. The summed E-state index contributed by atoms with van der Waals surface area (Å²) in [4.78, 5) is 13.7. The fourth-order valence-electron chi connectivity index (χ4n) is 3.58. The van der Waals surface area contributed by atoms with Crippen LogP contribution in [0.2, 0.25) is 0 Å². The zero-order chi connectivity index (χ0) is 15.0. The van der Waals surface area contributed by atoms with Crippen LogP contribution in [0.25, 0.3) is 0 Å². The number of hydrogen-bond acceptors (Lipinski definition) is 3. The van der Waals surface area contributed by atoms with Crippen molar-refractivity contribution in [3.05, 3.63) is 33.8 Å². The van der Waals surface area contributed by atoms with Gasteiger partial charge in [0.2, 0.25) is 5.91 Å². The van der Waals surface area contributed by atoms with Crippen molar-refractivity contribution in [2.75, 3.05) is 13.1 Å². The molecule has 5 heteroatoms. The zero-order valence-electron chi connectivity index (χ0n) is 12.0. The second kappa shape index (κ2) is 5.71. The molecule has 3 N–H and O–H groups in total. The first-order valence-electron chi connectivity index (χ1n) is 7.54. The maximum absolute atomic E-state index is 11.3. The third-order valence-corrected chi connectivity index (χ3v) is 5.41. The molecule has 4 nitrogen and oxygen atoms in total. The van der Waals surface area contributed by atoms with E-state index in [0.717, 1.165) is 30.4 Å². The minimum Gasteiger partial charge on any atom is -0.380 e. The topological polar surface area (TPSA) is 66.6 Å². The number of carbonyl (C=O) groups is 1. The molecule has 2 aliphatic rings. The van der Waals surface area contributed by atoms with Gasteiger partial charge in [-0.3, -0.25) is 9.69 Å². The number of benzene rings is 1. The Morgan fingerprint density at radius 3 is 2.76 bits per heavy atom. The average molecular weight is 353 g/mol. The van der Waals surface area contributed by atoms with Crippen molar-refractivity contribution < 1.29 is 9.90 Å². The quantitative estimate of drug-likeness (QED) is 0.856. The van der Waals surface area contributed by atoms with E-state index in [0.29, 0.717) is 18.9 Å². The van der Waals surface area contributed by atoms with Crippen LogP contribution in [0.4, 0.5) is 0 Å². The van der Waals surface area contributed by atoms with Crippen LogP contribution in [-0.2, 0) is 11.2 Å². The second-order valence-corrected chi connectivity index (χ2v) is 7.10. The Hall–Kier alpha value is -0.910.